The molecule has 1 aliphatic rings. The van der Waals surface area contributed by atoms with Gasteiger partial charge in [-0.1, -0.05) is 70.2 Å². The van der Waals surface area contributed by atoms with Crippen LogP contribution in [0, 0.1) is 5.41 Å². The first-order valence-corrected chi connectivity index (χ1v) is 9.61. The summed E-state index contributed by atoms with van der Waals surface area (Å²) in [5, 5.41) is 11.5. The number of alkyl halides is 3. The van der Waals surface area contributed by atoms with Gasteiger partial charge in [-0.15, -0.1) is 0 Å². The summed E-state index contributed by atoms with van der Waals surface area (Å²) >= 11 is 17.0. The molecule has 0 aliphatic carbocycles. The summed E-state index contributed by atoms with van der Waals surface area (Å²) in [5.41, 5.74) is 9.79. The Kier molecular flexibility index (Phi) is 8.39. The highest BCUT2D eigenvalue weighted by Gasteiger charge is 2.49. The minimum absolute atomic E-state index is 0.141. The lowest BCUT2D eigenvalue weighted by atomic mass is 9.97. The average molecular weight is 466 g/mol. The molecule has 1 N–H and O–H groups in total. The lowest BCUT2D eigenvalue weighted by Gasteiger charge is -2.43. The SMILES string of the molecule is CC(=O)O[C@H]1[C@@H](OC(=N)C(Cl)(Cl)Cl)O[C@H](C)[C@@H](N=[N+]=[N-])[C@@H]1OCc1ccccc1. The number of carbonyl (C=O) groups is 1. The number of azide groups is 1. The summed E-state index contributed by atoms with van der Waals surface area (Å²) in [6, 6.07) is 8.39. The molecule has 158 valence electrons. The van der Waals surface area contributed by atoms with Crippen LogP contribution in [-0.4, -0.2) is 46.3 Å². The summed E-state index contributed by atoms with van der Waals surface area (Å²) < 4.78 is 20.1. The minimum atomic E-state index is -2.14. The summed E-state index contributed by atoms with van der Waals surface area (Å²) in [6.45, 7) is 2.95. The topological polar surface area (TPSA) is 127 Å². The molecule has 5 atom stereocenters. The number of hydrogen-bond donors (Lipinski definition) is 1. The quantitative estimate of drug-likeness (QED) is 0.127. The molecule has 1 fully saturated rings. The molecule has 9 nitrogen and oxygen atoms in total. The predicted molar refractivity (Wildman–Crippen MR) is 107 cm³/mol. The number of benzene rings is 1. The second-order valence-electron chi connectivity index (χ2n) is 6.19. The van der Waals surface area contributed by atoms with Gasteiger partial charge in [0.1, 0.15) is 6.10 Å². The van der Waals surface area contributed by atoms with Crippen LogP contribution in [0.1, 0.15) is 19.4 Å². The molecule has 1 aliphatic heterocycles. The minimum Gasteiger partial charge on any atom is -0.453 e. The Morgan fingerprint density at radius 1 is 1.28 bits per heavy atom. The molecular formula is C17H19Cl3N4O5. The number of carbonyl (C=O) groups excluding carboxylic acids is 1. The molecule has 0 radical (unpaired) electrons. The first-order chi connectivity index (χ1) is 13.6. The Balaban J connectivity index is 2.32. The Labute approximate surface area is 182 Å². The molecule has 0 bridgehead atoms. The van der Waals surface area contributed by atoms with Gasteiger partial charge in [-0.2, -0.15) is 0 Å². The highest BCUT2D eigenvalue weighted by Crippen LogP contribution is 2.33. The molecule has 1 aromatic carbocycles. The highest BCUT2D eigenvalue weighted by atomic mass is 35.6. The van der Waals surface area contributed by atoms with Crippen molar-refractivity contribution < 1.29 is 23.7 Å². The summed E-state index contributed by atoms with van der Waals surface area (Å²) in [7, 11) is 0. The maximum Gasteiger partial charge on any atom is 0.303 e. The van der Waals surface area contributed by atoms with Gasteiger partial charge in [0.15, 0.2) is 6.10 Å². The van der Waals surface area contributed by atoms with E-state index in [1.165, 1.54) is 6.92 Å². The van der Waals surface area contributed by atoms with Crippen LogP contribution >= 0.6 is 34.8 Å². The molecule has 2 rings (SSSR count). The Hall–Kier alpha value is -1.74. The summed E-state index contributed by atoms with van der Waals surface area (Å²) in [6.07, 6.45) is -4.14. The van der Waals surface area contributed by atoms with Gasteiger partial charge in [0.05, 0.1) is 18.8 Å². The van der Waals surface area contributed by atoms with E-state index >= 15 is 0 Å². The molecule has 1 saturated heterocycles. The largest absolute Gasteiger partial charge is 0.453 e. The van der Waals surface area contributed by atoms with Crippen molar-refractivity contribution in [2.45, 2.75) is 54.9 Å². The van der Waals surface area contributed by atoms with Crippen LogP contribution in [0.5, 0.6) is 0 Å². The monoisotopic (exact) mass is 464 g/mol. The molecule has 0 spiro atoms. The van der Waals surface area contributed by atoms with Gasteiger partial charge in [-0.05, 0) is 18.0 Å². The van der Waals surface area contributed by atoms with Gasteiger partial charge >= 0.3 is 5.97 Å². The Morgan fingerprint density at radius 3 is 2.48 bits per heavy atom. The second-order valence-corrected chi connectivity index (χ2v) is 8.47. The number of halogens is 3. The van der Waals surface area contributed by atoms with Crippen LogP contribution < -0.4 is 0 Å². The molecule has 1 heterocycles. The number of esters is 1. The van der Waals surface area contributed by atoms with E-state index in [4.69, 9.17) is 64.7 Å². The zero-order chi connectivity index (χ0) is 21.6. The summed E-state index contributed by atoms with van der Waals surface area (Å²) in [4.78, 5) is 14.5. The van der Waals surface area contributed by atoms with E-state index < -0.39 is 46.3 Å². The average Bonchev–Trinajstić information content (AvgIpc) is 2.64. The zero-order valence-corrected chi connectivity index (χ0v) is 17.8. The van der Waals surface area contributed by atoms with Crippen LogP contribution in [0.3, 0.4) is 0 Å². The predicted octanol–water partition coefficient (Wildman–Crippen LogP) is 4.29. The molecule has 1 aromatic rings. The fourth-order valence-electron chi connectivity index (χ4n) is 2.76. The number of ether oxygens (including phenoxy) is 4. The lowest BCUT2D eigenvalue weighted by Crippen LogP contribution is -2.59. The Bertz CT molecular complexity index is 770. The number of rotatable bonds is 6. The zero-order valence-electron chi connectivity index (χ0n) is 15.5. The first-order valence-electron chi connectivity index (χ1n) is 8.48. The molecule has 0 amide bonds. The van der Waals surface area contributed by atoms with Gasteiger partial charge in [0.2, 0.25) is 12.2 Å². The van der Waals surface area contributed by atoms with Crippen molar-refractivity contribution in [3.8, 4) is 0 Å². The third kappa shape index (κ3) is 6.64. The van der Waals surface area contributed by atoms with Gasteiger partial charge in [0, 0.05) is 11.8 Å². The number of nitrogens with zero attached hydrogens (tertiary/aromatic N) is 3. The lowest BCUT2D eigenvalue weighted by molar-refractivity contribution is -0.261. The molecule has 0 aromatic heterocycles. The van der Waals surface area contributed by atoms with Crippen molar-refractivity contribution in [1.29, 1.82) is 5.41 Å². The fourth-order valence-corrected chi connectivity index (χ4v) is 2.89. The van der Waals surface area contributed by atoms with Crippen molar-refractivity contribution in [2.24, 2.45) is 5.11 Å². The van der Waals surface area contributed by atoms with Crippen molar-refractivity contribution in [1.82, 2.24) is 0 Å². The molecule has 12 heteroatoms. The smallest absolute Gasteiger partial charge is 0.303 e. The van der Waals surface area contributed by atoms with Crippen LogP contribution in [0.2, 0.25) is 0 Å². The van der Waals surface area contributed by atoms with Crippen LogP contribution in [0.25, 0.3) is 10.4 Å². The molecule has 29 heavy (non-hydrogen) atoms. The van der Waals surface area contributed by atoms with Crippen molar-refractivity contribution >= 4 is 46.7 Å². The standard InChI is InChI=1S/C17H19Cl3N4O5/c1-9-12(23-24-22)13(26-8-11-6-4-3-5-7-11)14(28-10(2)25)15(27-9)29-16(21)17(18,19)20/h3-7,9,12-15,21H,8H2,1-2H3/t9-,12-,13+,14-,15-/m1/s1. The van der Waals surface area contributed by atoms with Gasteiger partial charge < -0.3 is 18.9 Å². The van der Waals surface area contributed by atoms with Crippen LogP contribution in [-0.2, 0) is 30.3 Å². The normalized spacial score (nSPS) is 26.9. The van der Waals surface area contributed by atoms with Crippen molar-refractivity contribution in [3.05, 3.63) is 46.3 Å². The van der Waals surface area contributed by atoms with E-state index in [1.54, 1.807) is 6.92 Å². The van der Waals surface area contributed by atoms with Crippen LogP contribution in [0.4, 0.5) is 0 Å². The van der Waals surface area contributed by atoms with Gasteiger partial charge in [-0.3, -0.25) is 10.2 Å². The van der Waals surface area contributed by atoms with E-state index in [9.17, 15) is 4.79 Å². The van der Waals surface area contributed by atoms with E-state index in [0.29, 0.717) is 0 Å². The van der Waals surface area contributed by atoms with Crippen molar-refractivity contribution in [3.63, 3.8) is 0 Å². The fraction of sp³-hybridized carbons (Fsp3) is 0.529. The van der Waals surface area contributed by atoms with Gasteiger partial charge in [-0.25, -0.2) is 0 Å². The highest BCUT2D eigenvalue weighted by molar-refractivity contribution is 6.76. The maximum atomic E-state index is 11.7. The molecular weight excluding hydrogens is 447 g/mol. The third-order valence-corrected chi connectivity index (χ3v) is 4.54. The van der Waals surface area contributed by atoms with E-state index in [2.05, 4.69) is 10.0 Å². The maximum absolute atomic E-state index is 11.7. The second kappa shape index (κ2) is 10.3. The van der Waals surface area contributed by atoms with Crippen molar-refractivity contribution in [2.75, 3.05) is 0 Å². The summed E-state index contributed by atoms with van der Waals surface area (Å²) in [5.74, 6) is -1.38. The molecule has 0 saturated carbocycles. The number of hydrogen-bond acceptors (Lipinski definition) is 7. The van der Waals surface area contributed by atoms with Crippen LogP contribution in [0.15, 0.2) is 35.4 Å². The molecule has 0 unspecified atom stereocenters. The van der Waals surface area contributed by atoms with Gasteiger partial charge in [0.25, 0.3) is 3.79 Å². The third-order valence-electron chi connectivity index (χ3n) is 4.02. The Morgan fingerprint density at radius 2 is 1.93 bits per heavy atom. The van der Waals surface area contributed by atoms with E-state index in [-0.39, 0.29) is 6.61 Å². The first kappa shape index (κ1) is 23.5. The number of nitrogens with one attached hydrogen (secondary N) is 1. The van der Waals surface area contributed by atoms with E-state index in [0.717, 1.165) is 5.56 Å². The van der Waals surface area contributed by atoms with E-state index in [1.807, 2.05) is 30.3 Å².